The van der Waals surface area contributed by atoms with Crippen LogP contribution in [0.15, 0.2) is 47.1 Å². The number of nitrogens with two attached hydrogens (primary N) is 1. The molecule has 21 heavy (non-hydrogen) atoms. The zero-order valence-corrected chi connectivity index (χ0v) is 13.5. The molecule has 1 aromatic heterocycles. The molecule has 2 heterocycles. The molecule has 4 nitrogen and oxygen atoms in total. The molecule has 110 valence electrons. The van der Waals surface area contributed by atoms with Crippen LogP contribution in [0.25, 0.3) is 0 Å². The number of benzene rings is 1. The van der Waals surface area contributed by atoms with Crippen LogP contribution in [0, 0.1) is 0 Å². The van der Waals surface area contributed by atoms with E-state index in [9.17, 15) is 0 Å². The lowest BCUT2D eigenvalue weighted by Gasteiger charge is -2.35. The molecule has 3 rings (SSSR count). The molecule has 0 atom stereocenters. The molecule has 0 aliphatic carbocycles. The number of pyridine rings is 1. The Labute approximate surface area is 133 Å². The molecule has 1 aromatic carbocycles. The van der Waals surface area contributed by atoms with Gasteiger partial charge in [0, 0.05) is 49.1 Å². The van der Waals surface area contributed by atoms with E-state index in [0.29, 0.717) is 0 Å². The van der Waals surface area contributed by atoms with Crippen molar-refractivity contribution in [3.63, 3.8) is 0 Å². The van der Waals surface area contributed by atoms with Crippen molar-refractivity contribution in [3.8, 4) is 0 Å². The van der Waals surface area contributed by atoms with Gasteiger partial charge in [0.1, 0.15) is 5.82 Å². The normalized spacial score (nSPS) is 16.1. The summed E-state index contributed by atoms with van der Waals surface area (Å²) >= 11 is 3.49. The van der Waals surface area contributed by atoms with Crippen molar-refractivity contribution in [1.82, 2.24) is 9.88 Å². The molecule has 0 saturated carbocycles. The maximum atomic E-state index is 5.83. The quantitative estimate of drug-likeness (QED) is 0.868. The molecule has 2 N–H and O–H groups in total. The van der Waals surface area contributed by atoms with E-state index in [1.54, 1.807) is 0 Å². The first kappa shape index (κ1) is 14.4. The van der Waals surface area contributed by atoms with Crippen molar-refractivity contribution in [2.24, 2.45) is 0 Å². The Morgan fingerprint density at radius 3 is 2.57 bits per heavy atom. The third-order valence-corrected chi connectivity index (χ3v) is 4.50. The molecule has 0 radical (unpaired) electrons. The van der Waals surface area contributed by atoms with Gasteiger partial charge < -0.3 is 10.6 Å². The Hall–Kier alpha value is -1.59. The van der Waals surface area contributed by atoms with Gasteiger partial charge in [0.15, 0.2) is 0 Å². The molecule has 0 bridgehead atoms. The van der Waals surface area contributed by atoms with Crippen LogP contribution in [-0.2, 0) is 6.54 Å². The van der Waals surface area contributed by atoms with E-state index >= 15 is 0 Å². The van der Waals surface area contributed by atoms with Crippen molar-refractivity contribution >= 4 is 27.4 Å². The zero-order chi connectivity index (χ0) is 14.7. The standard InChI is InChI=1S/C16H19BrN4/c17-14-11-13(4-5-15(14)18)12-20-7-9-21(10-8-20)16-3-1-2-6-19-16/h1-6,11H,7-10,12,18H2. The second-order valence-electron chi connectivity index (χ2n) is 5.31. The van der Waals surface area contributed by atoms with E-state index < -0.39 is 0 Å². The van der Waals surface area contributed by atoms with Crippen molar-refractivity contribution in [3.05, 3.63) is 52.6 Å². The van der Waals surface area contributed by atoms with E-state index in [1.165, 1.54) is 5.56 Å². The SMILES string of the molecule is Nc1ccc(CN2CCN(c3ccccn3)CC2)cc1Br. The van der Waals surface area contributed by atoms with Gasteiger partial charge in [0.2, 0.25) is 0 Å². The summed E-state index contributed by atoms with van der Waals surface area (Å²) < 4.78 is 0.979. The molecular weight excluding hydrogens is 328 g/mol. The Morgan fingerprint density at radius 1 is 1.10 bits per heavy atom. The van der Waals surface area contributed by atoms with Crippen molar-refractivity contribution in [2.45, 2.75) is 6.54 Å². The van der Waals surface area contributed by atoms with Gasteiger partial charge in [-0.15, -0.1) is 0 Å². The summed E-state index contributed by atoms with van der Waals surface area (Å²) in [7, 11) is 0. The Bertz CT molecular complexity index is 594. The van der Waals surface area contributed by atoms with Gasteiger partial charge in [-0.25, -0.2) is 4.98 Å². The molecule has 1 saturated heterocycles. The number of hydrogen-bond acceptors (Lipinski definition) is 4. The third kappa shape index (κ3) is 3.54. The lowest BCUT2D eigenvalue weighted by molar-refractivity contribution is 0.249. The minimum absolute atomic E-state index is 0.790. The fourth-order valence-corrected chi connectivity index (χ4v) is 3.03. The summed E-state index contributed by atoms with van der Waals surface area (Å²) in [6.45, 7) is 5.12. The lowest BCUT2D eigenvalue weighted by Crippen LogP contribution is -2.46. The number of aromatic nitrogens is 1. The van der Waals surface area contributed by atoms with E-state index in [0.717, 1.165) is 48.7 Å². The predicted octanol–water partition coefficient (Wildman–Crippen LogP) is 2.75. The monoisotopic (exact) mass is 346 g/mol. The predicted molar refractivity (Wildman–Crippen MR) is 90.3 cm³/mol. The maximum Gasteiger partial charge on any atom is 0.128 e. The number of rotatable bonds is 3. The first-order valence-electron chi connectivity index (χ1n) is 7.14. The largest absolute Gasteiger partial charge is 0.398 e. The summed E-state index contributed by atoms with van der Waals surface area (Å²) in [6, 6.07) is 12.3. The van der Waals surface area contributed by atoms with E-state index in [-0.39, 0.29) is 0 Å². The van der Waals surface area contributed by atoms with Gasteiger partial charge in [-0.05, 0) is 45.8 Å². The third-order valence-electron chi connectivity index (χ3n) is 3.82. The summed E-state index contributed by atoms with van der Waals surface area (Å²) in [5.41, 5.74) is 7.91. The van der Waals surface area contributed by atoms with Crippen LogP contribution in [0.1, 0.15) is 5.56 Å². The topological polar surface area (TPSA) is 45.4 Å². The lowest BCUT2D eigenvalue weighted by atomic mass is 10.2. The van der Waals surface area contributed by atoms with Gasteiger partial charge in [-0.1, -0.05) is 12.1 Å². The fraction of sp³-hybridized carbons (Fsp3) is 0.312. The second-order valence-corrected chi connectivity index (χ2v) is 6.16. The molecular formula is C16H19BrN4. The van der Waals surface area contributed by atoms with E-state index in [4.69, 9.17) is 5.73 Å². The summed E-state index contributed by atoms with van der Waals surface area (Å²) in [5, 5.41) is 0. The molecule has 1 aliphatic rings. The number of anilines is 2. The molecule has 1 fully saturated rings. The van der Waals surface area contributed by atoms with Gasteiger partial charge >= 0.3 is 0 Å². The fourth-order valence-electron chi connectivity index (χ4n) is 2.60. The highest BCUT2D eigenvalue weighted by Crippen LogP contribution is 2.22. The Morgan fingerprint density at radius 2 is 1.90 bits per heavy atom. The smallest absolute Gasteiger partial charge is 0.128 e. The van der Waals surface area contributed by atoms with Crippen LogP contribution >= 0.6 is 15.9 Å². The number of piperazine rings is 1. The zero-order valence-electron chi connectivity index (χ0n) is 11.9. The maximum absolute atomic E-state index is 5.83. The van der Waals surface area contributed by atoms with E-state index in [2.05, 4.69) is 48.9 Å². The van der Waals surface area contributed by atoms with Crippen molar-refractivity contribution < 1.29 is 0 Å². The van der Waals surface area contributed by atoms with Crippen LogP contribution in [0.2, 0.25) is 0 Å². The van der Waals surface area contributed by atoms with Crippen LogP contribution < -0.4 is 10.6 Å². The number of hydrogen-bond donors (Lipinski definition) is 1. The Kier molecular flexibility index (Phi) is 4.41. The first-order chi connectivity index (χ1) is 10.2. The average Bonchev–Trinajstić information content (AvgIpc) is 2.53. The Balaban J connectivity index is 1.57. The van der Waals surface area contributed by atoms with Gasteiger partial charge in [0.05, 0.1) is 0 Å². The minimum atomic E-state index is 0.790. The number of nitrogens with zero attached hydrogens (tertiary/aromatic N) is 3. The molecule has 0 unspecified atom stereocenters. The van der Waals surface area contributed by atoms with Gasteiger partial charge in [-0.3, -0.25) is 4.90 Å². The van der Waals surface area contributed by atoms with Gasteiger partial charge in [-0.2, -0.15) is 0 Å². The number of halogens is 1. The van der Waals surface area contributed by atoms with Crippen LogP contribution in [0.5, 0.6) is 0 Å². The highest BCUT2D eigenvalue weighted by molar-refractivity contribution is 9.10. The van der Waals surface area contributed by atoms with Gasteiger partial charge in [0.25, 0.3) is 0 Å². The van der Waals surface area contributed by atoms with E-state index in [1.807, 2.05) is 24.4 Å². The number of nitrogen functional groups attached to an aromatic ring is 1. The molecule has 5 heteroatoms. The highest BCUT2D eigenvalue weighted by atomic mass is 79.9. The highest BCUT2D eigenvalue weighted by Gasteiger charge is 2.17. The minimum Gasteiger partial charge on any atom is -0.398 e. The van der Waals surface area contributed by atoms with Crippen LogP contribution in [0.3, 0.4) is 0 Å². The molecule has 0 spiro atoms. The van der Waals surface area contributed by atoms with Crippen molar-refractivity contribution in [1.29, 1.82) is 0 Å². The first-order valence-corrected chi connectivity index (χ1v) is 7.94. The summed E-state index contributed by atoms with van der Waals surface area (Å²) in [5.74, 6) is 1.08. The summed E-state index contributed by atoms with van der Waals surface area (Å²) in [4.78, 5) is 9.23. The van der Waals surface area contributed by atoms with Crippen molar-refractivity contribution in [2.75, 3.05) is 36.8 Å². The second kappa shape index (κ2) is 6.45. The molecule has 0 amide bonds. The summed E-state index contributed by atoms with van der Waals surface area (Å²) in [6.07, 6.45) is 1.85. The van der Waals surface area contributed by atoms with Crippen LogP contribution in [0.4, 0.5) is 11.5 Å². The molecule has 2 aromatic rings. The average molecular weight is 347 g/mol. The molecule has 1 aliphatic heterocycles. The van der Waals surface area contributed by atoms with Crippen LogP contribution in [-0.4, -0.2) is 36.1 Å².